The molecular weight excluding hydrogens is 452 g/mol. The lowest BCUT2D eigenvalue weighted by atomic mass is 9.84. The molecule has 0 radical (unpaired) electrons. The Morgan fingerprint density at radius 1 is 1.32 bits per heavy atom. The molecule has 1 aromatic heterocycles. The fourth-order valence-corrected chi connectivity index (χ4v) is 5.71. The standard InChI is InChI=1S/C24H38N6O3S/c1-14(2)33-17(5)30-19-7-8-20(30)12-18(11-19)13-21(25)15(3)24(29-26)28-22-9-10-23(27-16(22)4)34(6,31)32/h9-10,14-15,18-20,25H,5,7-8,11-13,26H2,1-4,6H3,(H,28,29). The van der Waals surface area contributed by atoms with E-state index in [1.165, 1.54) is 6.07 Å². The second kappa shape index (κ2) is 10.4. The molecule has 9 nitrogen and oxygen atoms in total. The van der Waals surface area contributed by atoms with Crippen LogP contribution in [0.2, 0.25) is 0 Å². The number of nitrogens with two attached hydrogens (primary N) is 1. The Labute approximate surface area is 203 Å². The Morgan fingerprint density at radius 2 is 1.94 bits per heavy atom. The average molecular weight is 491 g/mol. The summed E-state index contributed by atoms with van der Waals surface area (Å²) in [6, 6.07) is 3.89. The average Bonchev–Trinajstić information content (AvgIpc) is 3.02. The molecule has 3 heterocycles. The molecule has 1 aromatic rings. The Kier molecular flexibility index (Phi) is 8.02. The number of pyridine rings is 1. The number of rotatable bonds is 9. The van der Waals surface area contributed by atoms with Crippen molar-refractivity contribution in [1.29, 1.82) is 5.41 Å². The summed E-state index contributed by atoms with van der Waals surface area (Å²) in [5.74, 6) is 7.12. The van der Waals surface area contributed by atoms with Gasteiger partial charge in [0.25, 0.3) is 0 Å². The Balaban J connectivity index is 1.67. The zero-order valence-corrected chi connectivity index (χ0v) is 21.7. The van der Waals surface area contributed by atoms with Crippen LogP contribution in [-0.4, -0.2) is 54.3 Å². The van der Waals surface area contributed by atoms with E-state index >= 15 is 0 Å². The monoisotopic (exact) mass is 490 g/mol. The van der Waals surface area contributed by atoms with Crippen molar-refractivity contribution in [2.24, 2.45) is 22.7 Å². The molecule has 2 saturated heterocycles. The third kappa shape index (κ3) is 5.96. The number of piperidine rings is 1. The minimum Gasteiger partial charge on any atom is -0.477 e. The molecule has 0 amide bonds. The molecule has 4 N–H and O–H groups in total. The number of hydrazine groups is 1. The van der Waals surface area contributed by atoms with Crippen LogP contribution in [0.25, 0.3) is 0 Å². The molecule has 3 atom stereocenters. The van der Waals surface area contributed by atoms with Crippen LogP contribution in [0.15, 0.2) is 34.6 Å². The lowest BCUT2D eigenvalue weighted by molar-refractivity contribution is 0.0221. The van der Waals surface area contributed by atoms with Crippen LogP contribution in [-0.2, 0) is 14.6 Å². The molecule has 3 unspecified atom stereocenters. The molecule has 10 heteroatoms. The van der Waals surface area contributed by atoms with Gasteiger partial charge in [0.05, 0.1) is 23.4 Å². The molecular formula is C24H38N6O3S. The SMILES string of the molecule is C=C(OC(C)C)N1C2CCC1CC(CC(=N)C(C)C(=Nc1ccc(S(C)(=O)=O)nc1C)NN)C2. The van der Waals surface area contributed by atoms with Crippen molar-refractivity contribution in [2.45, 2.75) is 83.0 Å². The van der Waals surface area contributed by atoms with Gasteiger partial charge in [0, 0.05) is 24.1 Å². The van der Waals surface area contributed by atoms with Crippen LogP contribution >= 0.6 is 0 Å². The lowest BCUT2D eigenvalue weighted by Gasteiger charge is -2.41. The van der Waals surface area contributed by atoms with Crippen LogP contribution in [0.5, 0.6) is 0 Å². The number of aromatic nitrogens is 1. The molecule has 0 aromatic carbocycles. The van der Waals surface area contributed by atoms with Gasteiger partial charge in [-0.1, -0.05) is 6.92 Å². The van der Waals surface area contributed by atoms with Gasteiger partial charge in [-0.15, -0.1) is 0 Å². The molecule has 2 bridgehead atoms. The summed E-state index contributed by atoms with van der Waals surface area (Å²) in [5.41, 5.74) is 4.22. The summed E-state index contributed by atoms with van der Waals surface area (Å²) >= 11 is 0. The summed E-state index contributed by atoms with van der Waals surface area (Å²) < 4.78 is 29.4. The number of nitrogens with zero attached hydrogens (tertiary/aromatic N) is 3. The van der Waals surface area contributed by atoms with E-state index in [9.17, 15) is 8.42 Å². The van der Waals surface area contributed by atoms with Crippen LogP contribution < -0.4 is 11.3 Å². The molecule has 2 fully saturated rings. The van der Waals surface area contributed by atoms with E-state index in [-0.39, 0.29) is 17.0 Å². The predicted molar refractivity (Wildman–Crippen MR) is 135 cm³/mol. The second-order valence-electron chi connectivity index (χ2n) is 9.81. The van der Waals surface area contributed by atoms with E-state index in [0.29, 0.717) is 47.4 Å². The Morgan fingerprint density at radius 3 is 2.44 bits per heavy atom. The van der Waals surface area contributed by atoms with Crippen molar-refractivity contribution < 1.29 is 13.2 Å². The molecule has 34 heavy (non-hydrogen) atoms. The van der Waals surface area contributed by atoms with Crippen molar-refractivity contribution in [3.8, 4) is 0 Å². The highest BCUT2D eigenvalue weighted by atomic mass is 32.2. The summed E-state index contributed by atoms with van der Waals surface area (Å²) in [7, 11) is -3.39. The zero-order chi connectivity index (χ0) is 25.2. The van der Waals surface area contributed by atoms with Gasteiger partial charge in [-0.3, -0.25) is 0 Å². The largest absolute Gasteiger partial charge is 0.477 e. The van der Waals surface area contributed by atoms with Crippen LogP contribution in [0.4, 0.5) is 5.69 Å². The van der Waals surface area contributed by atoms with Crippen molar-refractivity contribution in [2.75, 3.05) is 6.26 Å². The van der Waals surface area contributed by atoms with Crippen LogP contribution in [0, 0.1) is 24.2 Å². The minimum absolute atomic E-state index is 0.00875. The maximum Gasteiger partial charge on any atom is 0.192 e. The Hall–Kier alpha value is -2.46. The number of nitrogens with one attached hydrogen (secondary N) is 2. The summed E-state index contributed by atoms with van der Waals surface area (Å²) in [6.07, 6.45) is 6.23. The summed E-state index contributed by atoms with van der Waals surface area (Å²) in [6.45, 7) is 11.8. The highest BCUT2D eigenvalue weighted by Crippen LogP contribution is 2.42. The predicted octanol–water partition coefficient (Wildman–Crippen LogP) is 3.47. The van der Waals surface area contributed by atoms with Crippen LogP contribution in [0.3, 0.4) is 0 Å². The molecule has 3 rings (SSSR count). The first-order chi connectivity index (χ1) is 15.9. The highest BCUT2D eigenvalue weighted by molar-refractivity contribution is 7.90. The molecule has 188 valence electrons. The second-order valence-corrected chi connectivity index (χ2v) is 11.8. The van der Waals surface area contributed by atoms with E-state index in [0.717, 1.165) is 37.8 Å². The van der Waals surface area contributed by atoms with E-state index in [4.69, 9.17) is 16.0 Å². The number of ether oxygens (including phenoxy) is 1. The van der Waals surface area contributed by atoms with E-state index < -0.39 is 9.84 Å². The van der Waals surface area contributed by atoms with Crippen molar-refractivity contribution in [3.63, 3.8) is 0 Å². The zero-order valence-electron chi connectivity index (χ0n) is 20.8. The molecule has 0 aliphatic carbocycles. The van der Waals surface area contributed by atoms with Gasteiger partial charge < -0.3 is 20.5 Å². The third-order valence-corrected chi connectivity index (χ3v) is 7.72. The first kappa shape index (κ1) is 26.2. The number of hydrogen-bond acceptors (Lipinski definition) is 8. The van der Waals surface area contributed by atoms with Gasteiger partial charge in [0.15, 0.2) is 20.7 Å². The maximum atomic E-state index is 11.7. The van der Waals surface area contributed by atoms with E-state index in [2.05, 4.69) is 26.9 Å². The maximum absolute atomic E-state index is 11.7. The number of sulfone groups is 1. The smallest absolute Gasteiger partial charge is 0.192 e. The lowest BCUT2D eigenvalue weighted by Crippen LogP contribution is -2.44. The minimum atomic E-state index is -3.39. The molecule has 0 saturated carbocycles. The van der Waals surface area contributed by atoms with E-state index in [1.807, 2.05) is 20.8 Å². The van der Waals surface area contributed by atoms with Crippen molar-refractivity contribution >= 4 is 27.1 Å². The van der Waals surface area contributed by atoms with Gasteiger partial charge >= 0.3 is 0 Å². The summed E-state index contributed by atoms with van der Waals surface area (Å²) in [4.78, 5) is 11.1. The summed E-state index contributed by atoms with van der Waals surface area (Å²) in [5, 5.41) is 8.76. The fourth-order valence-electron chi connectivity index (χ4n) is 5.09. The first-order valence-corrected chi connectivity index (χ1v) is 13.7. The van der Waals surface area contributed by atoms with Gasteiger partial charge in [-0.2, -0.15) is 0 Å². The Bertz CT molecular complexity index is 1050. The molecule has 2 aliphatic heterocycles. The quantitative estimate of drug-likeness (QED) is 0.159. The number of hydrogen-bond donors (Lipinski definition) is 3. The third-order valence-electron chi connectivity index (χ3n) is 6.73. The molecule has 0 spiro atoms. The number of aryl methyl sites for hydroxylation is 1. The topological polar surface area (TPSA) is 134 Å². The van der Waals surface area contributed by atoms with Crippen molar-refractivity contribution in [3.05, 3.63) is 30.3 Å². The highest BCUT2D eigenvalue weighted by Gasteiger charge is 2.42. The molecule has 2 aliphatic rings. The van der Waals surface area contributed by atoms with Gasteiger partial charge in [-0.25, -0.2) is 24.2 Å². The van der Waals surface area contributed by atoms with Gasteiger partial charge in [0.1, 0.15) is 5.84 Å². The van der Waals surface area contributed by atoms with Crippen LogP contribution in [0.1, 0.15) is 58.6 Å². The van der Waals surface area contributed by atoms with Gasteiger partial charge in [-0.05, 0) is 77.5 Å². The van der Waals surface area contributed by atoms with Gasteiger partial charge in [0.2, 0.25) is 0 Å². The van der Waals surface area contributed by atoms with Crippen molar-refractivity contribution in [1.82, 2.24) is 15.3 Å². The normalized spacial score (nSPS) is 23.7. The number of aliphatic imine (C=N–C) groups is 1. The number of fused-ring (bicyclic) bond motifs is 2. The first-order valence-electron chi connectivity index (χ1n) is 11.8. The fraction of sp³-hybridized carbons (Fsp3) is 0.625. The number of amidine groups is 1. The van der Waals surface area contributed by atoms with E-state index in [1.54, 1.807) is 13.0 Å².